The predicted octanol–water partition coefficient (Wildman–Crippen LogP) is 2.68. The van der Waals surface area contributed by atoms with Gasteiger partial charge in [0.15, 0.2) is 0 Å². The van der Waals surface area contributed by atoms with E-state index in [0.717, 1.165) is 25.7 Å². The second kappa shape index (κ2) is 7.97. The molecule has 1 saturated heterocycles. The van der Waals surface area contributed by atoms with Crippen LogP contribution in [0.3, 0.4) is 0 Å². The van der Waals surface area contributed by atoms with Gasteiger partial charge in [0.25, 0.3) is 0 Å². The molecule has 2 fully saturated rings. The van der Waals surface area contributed by atoms with Crippen molar-refractivity contribution >= 4 is 11.7 Å². The van der Waals surface area contributed by atoms with Crippen LogP contribution in [0.2, 0.25) is 0 Å². The summed E-state index contributed by atoms with van der Waals surface area (Å²) < 4.78 is 0. The minimum Gasteiger partial charge on any atom is -0.392 e. The Morgan fingerprint density at radius 3 is 2.38 bits per heavy atom. The van der Waals surface area contributed by atoms with Gasteiger partial charge in [0.05, 0.1) is 24.0 Å². The summed E-state index contributed by atoms with van der Waals surface area (Å²) in [6.07, 6.45) is 3.39. The molecule has 0 aromatic carbocycles. The van der Waals surface area contributed by atoms with E-state index in [2.05, 4.69) is 12.2 Å². The number of carbonyl (C=O) groups excluding carboxylic acids is 2. The van der Waals surface area contributed by atoms with Crippen LogP contribution in [0.4, 0.5) is 0 Å². The van der Waals surface area contributed by atoms with Crippen molar-refractivity contribution in [2.24, 2.45) is 28.6 Å². The van der Waals surface area contributed by atoms with Crippen molar-refractivity contribution in [3.05, 3.63) is 0 Å². The number of hydrogen-bond donors (Lipinski definition) is 3. The van der Waals surface area contributed by atoms with Gasteiger partial charge in [-0.15, -0.1) is 0 Å². The second-order valence-electron chi connectivity index (χ2n) is 9.65. The quantitative estimate of drug-likeness (QED) is 0.614. The molecule has 6 atom stereocenters. The fourth-order valence-electron chi connectivity index (χ4n) is 4.55. The highest BCUT2D eigenvalue weighted by Gasteiger charge is 2.48. The largest absolute Gasteiger partial charge is 0.392 e. The average molecular weight is 368 g/mol. The molecule has 1 saturated carbocycles. The van der Waals surface area contributed by atoms with E-state index in [4.69, 9.17) is 0 Å². The van der Waals surface area contributed by atoms with Crippen molar-refractivity contribution in [1.29, 1.82) is 0 Å². The third-order valence-corrected chi connectivity index (χ3v) is 7.12. The number of carbonyl (C=O) groups is 2. The summed E-state index contributed by atoms with van der Waals surface area (Å²) in [7, 11) is 0. The summed E-state index contributed by atoms with van der Waals surface area (Å²) in [6, 6.07) is 0. The Morgan fingerprint density at radius 1 is 1.08 bits per heavy atom. The van der Waals surface area contributed by atoms with E-state index in [9.17, 15) is 19.8 Å². The number of rotatable bonds is 0. The molecule has 3 N–H and O–H groups in total. The number of ketones is 1. The number of amides is 1. The smallest absolute Gasteiger partial charge is 0.222 e. The number of hydrogen-bond acceptors (Lipinski definition) is 4. The summed E-state index contributed by atoms with van der Waals surface area (Å²) in [6.45, 7) is 10.0. The number of nitrogens with one attached hydrogen (secondary N) is 1. The molecule has 0 radical (unpaired) electrons. The fourth-order valence-corrected chi connectivity index (χ4v) is 4.55. The summed E-state index contributed by atoms with van der Waals surface area (Å²) >= 11 is 0. The molecular weight excluding hydrogens is 330 g/mol. The third-order valence-electron chi connectivity index (χ3n) is 7.12. The first kappa shape index (κ1) is 21.4. The minimum absolute atomic E-state index is 0.0406. The molecule has 1 aliphatic carbocycles. The molecule has 0 spiro atoms. The third kappa shape index (κ3) is 4.66. The first-order chi connectivity index (χ1) is 12.0. The van der Waals surface area contributed by atoms with Gasteiger partial charge in [-0.1, -0.05) is 41.0 Å². The highest BCUT2D eigenvalue weighted by atomic mass is 16.3. The molecule has 5 nitrogen and oxygen atoms in total. The van der Waals surface area contributed by atoms with E-state index in [-0.39, 0.29) is 24.0 Å². The van der Waals surface area contributed by atoms with Gasteiger partial charge in [-0.2, -0.15) is 0 Å². The van der Waals surface area contributed by atoms with Crippen molar-refractivity contribution in [2.75, 3.05) is 6.54 Å². The zero-order valence-electron chi connectivity index (χ0n) is 17.0. The summed E-state index contributed by atoms with van der Waals surface area (Å²) in [4.78, 5) is 25.0. The van der Waals surface area contributed by atoms with Crippen molar-refractivity contribution in [3.8, 4) is 0 Å². The van der Waals surface area contributed by atoms with Crippen LogP contribution in [0.1, 0.15) is 73.1 Å². The molecule has 0 aromatic rings. The van der Waals surface area contributed by atoms with Gasteiger partial charge in [0.2, 0.25) is 5.91 Å². The highest BCUT2D eigenvalue weighted by Crippen LogP contribution is 2.57. The Labute approximate surface area is 157 Å². The van der Waals surface area contributed by atoms with Gasteiger partial charge in [-0.3, -0.25) is 9.59 Å². The molecule has 0 aromatic heterocycles. The zero-order valence-corrected chi connectivity index (χ0v) is 17.0. The highest BCUT2D eigenvalue weighted by molar-refractivity contribution is 5.88. The van der Waals surface area contributed by atoms with Crippen LogP contribution in [-0.4, -0.2) is 40.7 Å². The number of aliphatic hydroxyl groups is 2. The Balaban J connectivity index is 2.13. The van der Waals surface area contributed by atoms with Gasteiger partial charge in [0.1, 0.15) is 5.78 Å². The molecule has 5 heteroatoms. The zero-order chi connectivity index (χ0) is 19.7. The number of aliphatic hydroxyl groups excluding tert-OH is 2. The van der Waals surface area contributed by atoms with E-state index in [1.807, 2.05) is 6.92 Å². The van der Waals surface area contributed by atoms with Crippen molar-refractivity contribution in [3.63, 3.8) is 0 Å². The Morgan fingerprint density at radius 2 is 1.73 bits per heavy atom. The van der Waals surface area contributed by atoms with Crippen LogP contribution < -0.4 is 5.32 Å². The molecular formula is C21H37NO4. The van der Waals surface area contributed by atoms with Gasteiger partial charge in [-0.25, -0.2) is 0 Å². The monoisotopic (exact) mass is 367 g/mol. The topological polar surface area (TPSA) is 86.6 Å². The molecule has 1 aliphatic heterocycles. The van der Waals surface area contributed by atoms with E-state index >= 15 is 0 Å². The van der Waals surface area contributed by atoms with Gasteiger partial charge in [-0.05, 0) is 42.9 Å². The lowest BCUT2D eigenvalue weighted by Gasteiger charge is -2.34. The Kier molecular flexibility index (Phi) is 6.55. The standard InChI is InChI=1S/C21H37NO4/c1-13-7-6-9-21(5)12-15(21)8-10-22-17(24)11-16(23)20(3,4)19(26)14(2)18(13)25/h13-16,18,23,25H,6-12H2,1-5H3,(H,22,24)/t13-,14+,15+,16-,18-,21-/m0/s1. The first-order valence-corrected chi connectivity index (χ1v) is 10.2. The summed E-state index contributed by atoms with van der Waals surface area (Å²) in [5.41, 5.74) is -0.709. The molecule has 0 bridgehead atoms. The summed E-state index contributed by atoms with van der Waals surface area (Å²) in [5.74, 6) is -0.264. The number of fused-ring (bicyclic) bond motifs is 1. The van der Waals surface area contributed by atoms with Crippen LogP contribution in [-0.2, 0) is 9.59 Å². The second-order valence-corrected chi connectivity index (χ2v) is 9.65. The van der Waals surface area contributed by atoms with Gasteiger partial charge >= 0.3 is 0 Å². The molecule has 150 valence electrons. The number of Topliss-reactive ketones (excluding diaryl/α,β-unsaturated/α-hetero) is 1. The maximum absolute atomic E-state index is 12.9. The maximum Gasteiger partial charge on any atom is 0.222 e. The van der Waals surface area contributed by atoms with E-state index in [0.29, 0.717) is 17.9 Å². The van der Waals surface area contributed by atoms with Crippen LogP contribution in [0.25, 0.3) is 0 Å². The van der Waals surface area contributed by atoms with Gasteiger partial charge in [0, 0.05) is 12.5 Å². The Hall–Kier alpha value is -0.940. The molecule has 1 heterocycles. The van der Waals surface area contributed by atoms with Crippen molar-refractivity contribution in [2.45, 2.75) is 85.4 Å². The minimum atomic E-state index is -1.07. The molecule has 2 aliphatic rings. The van der Waals surface area contributed by atoms with Crippen molar-refractivity contribution < 1.29 is 19.8 Å². The van der Waals surface area contributed by atoms with Crippen LogP contribution in [0.5, 0.6) is 0 Å². The van der Waals surface area contributed by atoms with Crippen molar-refractivity contribution in [1.82, 2.24) is 5.32 Å². The molecule has 0 unspecified atom stereocenters. The SMILES string of the molecule is C[C@H]1CCC[C@@]2(C)C[C@H]2CCNC(=O)C[C@H](O)C(C)(C)C(=O)[C@H](C)[C@H]1O. The average Bonchev–Trinajstić information content (AvgIpc) is 3.21. The van der Waals surface area contributed by atoms with Crippen LogP contribution in [0.15, 0.2) is 0 Å². The lowest BCUT2D eigenvalue weighted by atomic mass is 9.73. The Bertz CT molecular complexity index is 532. The van der Waals surface area contributed by atoms with Crippen LogP contribution in [0, 0.1) is 28.6 Å². The lowest BCUT2D eigenvalue weighted by Crippen LogP contribution is -2.46. The first-order valence-electron chi connectivity index (χ1n) is 10.2. The maximum atomic E-state index is 12.9. The lowest BCUT2D eigenvalue weighted by molar-refractivity contribution is -0.143. The van der Waals surface area contributed by atoms with E-state index in [1.54, 1.807) is 20.8 Å². The van der Waals surface area contributed by atoms with Gasteiger partial charge < -0.3 is 15.5 Å². The van der Waals surface area contributed by atoms with Crippen LogP contribution >= 0.6 is 0 Å². The van der Waals surface area contributed by atoms with E-state index in [1.165, 1.54) is 6.42 Å². The fraction of sp³-hybridized carbons (Fsp3) is 0.905. The normalized spacial score (nSPS) is 42.7. The predicted molar refractivity (Wildman–Crippen MR) is 101 cm³/mol. The summed E-state index contributed by atoms with van der Waals surface area (Å²) in [5, 5.41) is 24.0. The molecule has 26 heavy (non-hydrogen) atoms. The van der Waals surface area contributed by atoms with E-state index < -0.39 is 23.5 Å². The molecule has 1 amide bonds. The molecule has 2 rings (SSSR count).